The van der Waals surface area contributed by atoms with Crippen LogP contribution in [0.3, 0.4) is 0 Å². The van der Waals surface area contributed by atoms with Gasteiger partial charge in [0.1, 0.15) is 30.2 Å². The van der Waals surface area contributed by atoms with Gasteiger partial charge in [0.25, 0.3) is 0 Å². The highest BCUT2D eigenvalue weighted by atomic mass is 16.7. The Morgan fingerprint density at radius 2 is 1.68 bits per heavy atom. The summed E-state index contributed by atoms with van der Waals surface area (Å²) in [7, 11) is 5.24. The molecule has 2 saturated heterocycles. The number of cyclic esters (lactones) is 1. The molecule has 1 aromatic carbocycles. The zero-order valence-corrected chi connectivity index (χ0v) is 33.6. The number of benzene rings is 1. The Hall–Kier alpha value is -2.49. The van der Waals surface area contributed by atoms with Crippen molar-refractivity contribution in [3.8, 4) is 0 Å². The molecule has 0 aliphatic carbocycles. The van der Waals surface area contributed by atoms with Crippen molar-refractivity contribution in [3.63, 3.8) is 0 Å². The van der Waals surface area contributed by atoms with Crippen LogP contribution in [0.1, 0.15) is 80.2 Å². The number of esters is 1. The van der Waals surface area contributed by atoms with Crippen LogP contribution in [0.2, 0.25) is 0 Å². The molecule has 13 nitrogen and oxygen atoms in total. The van der Waals surface area contributed by atoms with Gasteiger partial charge in [0.05, 0.1) is 35.9 Å². The second-order valence-corrected chi connectivity index (χ2v) is 16.0. The van der Waals surface area contributed by atoms with Crippen LogP contribution >= 0.6 is 0 Å². The van der Waals surface area contributed by atoms with Crippen LogP contribution in [0.25, 0.3) is 0 Å². The van der Waals surface area contributed by atoms with Gasteiger partial charge < -0.3 is 49.2 Å². The smallest absolute Gasteiger partial charge is 0.311 e. The minimum Gasteiger partial charge on any atom is -0.459 e. The number of ketones is 1. The molecule has 0 spiro atoms. The van der Waals surface area contributed by atoms with E-state index in [4.69, 9.17) is 23.7 Å². The van der Waals surface area contributed by atoms with E-state index in [0.29, 0.717) is 19.4 Å². The molecule has 0 radical (unpaired) electrons. The predicted molar refractivity (Wildman–Crippen MR) is 199 cm³/mol. The molecule has 3 rings (SSSR count). The van der Waals surface area contributed by atoms with Gasteiger partial charge in [0.15, 0.2) is 6.29 Å². The summed E-state index contributed by atoms with van der Waals surface area (Å²) in [5, 5.41) is 37.4. The van der Waals surface area contributed by atoms with Crippen molar-refractivity contribution in [3.05, 3.63) is 35.9 Å². The molecule has 0 saturated carbocycles. The topological polar surface area (TPSA) is 173 Å². The third kappa shape index (κ3) is 11.1. The number of hydrogen-bond donors (Lipinski definition) is 4. The number of methoxy groups -OCH3 is 1. The molecule has 0 unspecified atom stereocenters. The molecule has 53 heavy (non-hydrogen) atoms. The fourth-order valence-corrected chi connectivity index (χ4v) is 8.08. The Morgan fingerprint density at radius 1 is 1.04 bits per heavy atom. The van der Waals surface area contributed by atoms with Crippen LogP contribution in [-0.2, 0) is 44.5 Å². The minimum atomic E-state index is -1.96. The first-order valence-corrected chi connectivity index (χ1v) is 19.1. The van der Waals surface area contributed by atoms with Gasteiger partial charge in [-0.05, 0) is 73.0 Å². The minimum absolute atomic E-state index is 0.106. The lowest BCUT2D eigenvalue weighted by molar-refractivity contribution is -0.302. The Morgan fingerprint density at radius 3 is 2.26 bits per heavy atom. The standard InChI is InChI=1S/C40H66N2O11/c1-12-30-40(8,48)35(46)25(4)32(44)23(2)21-39(7,49-11)36(53-38-33(45)29(42(9)10)20-24(3)51-38)26(5)34(27(6)37(47)52-30)50-22-31(43)41-19-18-28-16-14-13-15-17-28/h13-17,23-27,29-30,33-36,38,45-46,48H,12,18-22H2,1-11H3,(H,41,43)/t23-,24-,25+,26+,27-,29+,30-,33-,34+,35-,36-,38+,39+,40-/m1/s1. The van der Waals surface area contributed by atoms with E-state index < -0.39 is 77.7 Å². The van der Waals surface area contributed by atoms with Gasteiger partial charge >= 0.3 is 5.97 Å². The lowest BCUT2D eigenvalue weighted by Crippen LogP contribution is -2.60. The van der Waals surface area contributed by atoms with Crippen molar-refractivity contribution < 1.29 is 53.4 Å². The van der Waals surface area contributed by atoms with Crippen molar-refractivity contribution in [2.75, 3.05) is 34.4 Å². The van der Waals surface area contributed by atoms with Gasteiger partial charge in [-0.25, -0.2) is 0 Å². The maximum absolute atomic E-state index is 14.0. The molecule has 13 heteroatoms. The molecule has 4 N–H and O–H groups in total. The highest BCUT2D eigenvalue weighted by Gasteiger charge is 2.52. The second-order valence-electron chi connectivity index (χ2n) is 16.0. The quantitative estimate of drug-likeness (QED) is 0.244. The van der Waals surface area contributed by atoms with Gasteiger partial charge in [-0.3, -0.25) is 14.4 Å². The maximum atomic E-state index is 14.0. The Labute approximate surface area is 316 Å². The number of carbonyl (C=O) groups is 3. The number of likely N-dealkylation sites (N-methyl/N-ethyl adjacent to an activating group) is 1. The van der Waals surface area contributed by atoms with Crippen LogP contribution in [-0.4, -0.2) is 132 Å². The highest BCUT2D eigenvalue weighted by Crippen LogP contribution is 2.40. The first-order valence-electron chi connectivity index (χ1n) is 19.1. The summed E-state index contributed by atoms with van der Waals surface area (Å²) in [5.74, 6) is -4.90. The monoisotopic (exact) mass is 750 g/mol. The number of ether oxygens (including phenoxy) is 5. The van der Waals surface area contributed by atoms with Gasteiger partial charge in [-0.1, -0.05) is 58.0 Å². The van der Waals surface area contributed by atoms with Crippen LogP contribution < -0.4 is 5.32 Å². The summed E-state index contributed by atoms with van der Waals surface area (Å²) in [6.45, 7) is 13.5. The number of nitrogens with one attached hydrogen (secondary N) is 1. The highest BCUT2D eigenvalue weighted by molar-refractivity contribution is 5.83. The summed E-state index contributed by atoms with van der Waals surface area (Å²) in [5.41, 5.74) is -2.15. The molecular formula is C40H66N2O11. The number of amides is 1. The molecule has 2 fully saturated rings. The molecule has 302 valence electrons. The number of rotatable bonds is 11. The number of hydrogen-bond acceptors (Lipinski definition) is 12. The average molecular weight is 751 g/mol. The second kappa shape index (κ2) is 19.4. The van der Waals surface area contributed by atoms with Crippen LogP contribution in [0.15, 0.2) is 30.3 Å². The lowest BCUT2D eigenvalue weighted by atomic mass is 9.74. The van der Waals surface area contributed by atoms with Gasteiger partial charge in [0.2, 0.25) is 5.91 Å². The van der Waals surface area contributed by atoms with E-state index in [9.17, 15) is 29.7 Å². The number of nitrogens with zero attached hydrogens (tertiary/aromatic N) is 1. The number of aliphatic hydroxyl groups is 3. The number of aliphatic hydroxyl groups excluding tert-OH is 2. The normalized spacial score (nSPS) is 39.3. The van der Waals surface area contributed by atoms with E-state index in [2.05, 4.69) is 5.32 Å². The molecule has 14 atom stereocenters. The van der Waals surface area contributed by atoms with Gasteiger partial charge in [-0.2, -0.15) is 0 Å². The molecule has 2 heterocycles. The molecule has 1 amide bonds. The van der Waals surface area contributed by atoms with Crippen molar-refractivity contribution in [2.45, 2.75) is 141 Å². The molecule has 2 aliphatic heterocycles. The molecule has 0 bridgehead atoms. The van der Waals surface area contributed by atoms with Crippen molar-refractivity contribution in [1.29, 1.82) is 0 Å². The lowest BCUT2D eigenvalue weighted by Gasteiger charge is -2.48. The molecular weight excluding hydrogens is 684 g/mol. The largest absolute Gasteiger partial charge is 0.459 e. The summed E-state index contributed by atoms with van der Waals surface area (Å²) in [4.78, 5) is 43.0. The third-order valence-electron chi connectivity index (χ3n) is 11.5. The zero-order chi connectivity index (χ0) is 39.8. The summed E-state index contributed by atoms with van der Waals surface area (Å²) >= 11 is 0. The van der Waals surface area contributed by atoms with Crippen LogP contribution in [0, 0.1) is 23.7 Å². The number of Topliss-reactive ketones (excluding diaryl/α,β-unsaturated/α-hetero) is 1. The Balaban J connectivity index is 2.07. The summed E-state index contributed by atoms with van der Waals surface area (Å²) < 4.78 is 31.4. The summed E-state index contributed by atoms with van der Waals surface area (Å²) in [6, 6.07) is 9.45. The van der Waals surface area contributed by atoms with E-state index in [-0.39, 0.29) is 43.3 Å². The first kappa shape index (κ1) is 44.9. The fourth-order valence-electron chi connectivity index (χ4n) is 8.08. The van der Waals surface area contributed by atoms with Gasteiger partial charge in [-0.15, -0.1) is 0 Å². The predicted octanol–water partition coefficient (Wildman–Crippen LogP) is 2.90. The van der Waals surface area contributed by atoms with Crippen molar-refractivity contribution in [1.82, 2.24) is 10.2 Å². The maximum Gasteiger partial charge on any atom is 0.311 e. The van der Waals surface area contributed by atoms with Gasteiger partial charge in [0, 0.05) is 37.5 Å². The molecule has 2 aliphatic rings. The molecule has 0 aromatic heterocycles. The first-order chi connectivity index (χ1) is 24.8. The van der Waals surface area contributed by atoms with E-state index in [1.807, 2.05) is 63.2 Å². The van der Waals surface area contributed by atoms with Crippen LogP contribution in [0.4, 0.5) is 0 Å². The Bertz CT molecular complexity index is 1330. The van der Waals surface area contributed by atoms with E-state index in [1.165, 1.54) is 14.0 Å². The third-order valence-corrected chi connectivity index (χ3v) is 11.5. The van der Waals surface area contributed by atoms with Crippen LogP contribution in [0.5, 0.6) is 0 Å². The average Bonchev–Trinajstić information content (AvgIpc) is 3.12. The SMILES string of the molecule is CC[C@H]1OC(=O)[C@H](C)[C@@H](OCC(=O)NCCc2ccccc2)[C@H](C)[C@@H](O[C@@H]2O[C@H](C)C[C@H](N(C)C)[C@H]2O)[C@@](C)(OC)C[C@@H](C)C(=O)[C@H](C)[C@@H](O)[C@]1(C)O. The van der Waals surface area contributed by atoms with E-state index in [1.54, 1.807) is 34.6 Å². The fraction of sp³-hybridized carbons (Fsp3) is 0.775. The van der Waals surface area contributed by atoms with E-state index in [0.717, 1.165) is 5.56 Å². The number of carbonyl (C=O) groups excluding carboxylic acids is 3. The van der Waals surface area contributed by atoms with Crippen molar-refractivity contribution in [2.24, 2.45) is 23.7 Å². The Kier molecular flexibility index (Phi) is 16.4. The molecule has 1 aromatic rings. The van der Waals surface area contributed by atoms with Crippen molar-refractivity contribution >= 4 is 17.7 Å². The zero-order valence-electron chi connectivity index (χ0n) is 33.6. The van der Waals surface area contributed by atoms with E-state index >= 15 is 0 Å². The summed E-state index contributed by atoms with van der Waals surface area (Å²) in [6.07, 6.45) is -5.70.